The minimum atomic E-state index is 0.400. The minimum absolute atomic E-state index is 0.400. The minimum Gasteiger partial charge on any atom is -0.306 e. The molecule has 0 bridgehead atoms. The average Bonchev–Trinajstić information content (AvgIpc) is 2.77. The SMILES string of the molecule is CC(NC1CCC(C)C(C)C1)c1cscn1. The molecule has 2 rings (SSSR count). The van der Waals surface area contributed by atoms with Gasteiger partial charge in [0, 0.05) is 17.5 Å². The summed E-state index contributed by atoms with van der Waals surface area (Å²) in [7, 11) is 0. The maximum absolute atomic E-state index is 4.37. The van der Waals surface area contributed by atoms with Crippen molar-refractivity contribution in [2.45, 2.75) is 52.1 Å². The molecule has 1 N–H and O–H groups in total. The molecule has 1 aliphatic carbocycles. The lowest BCUT2D eigenvalue weighted by atomic mass is 9.79. The van der Waals surface area contributed by atoms with Crippen molar-refractivity contribution in [3.05, 3.63) is 16.6 Å². The van der Waals surface area contributed by atoms with Gasteiger partial charge in [-0.05, 0) is 38.0 Å². The zero-order valence-electron chi connectivity index (χ0n) is 10.4. The average molecular weight is 238 g/mol. The Kier molecular flexibility index (Phi) is 3.98. The molecule has 0 aliphatic heterocycles. The molecule has 2 nitrogen and oxygen atoms in total. The number of rotatable bonds is 3. The van der Waals surface area contributed by atoms with E-state index in [1.807, 2.05) is 5.51 Å². The van der Waals surface area contributed by atoms with Gasteiger partial charge in [0.15, 0.2) is 0 Å². The monoisotopic (exact) mass is 238 g/mol. The van der Waals surface area contributed by atoms with Crippen LogP contribution in [0.25, 0.3) is 0 Å². The predicted molar refractivity (Wildman–Crippen MR) is 69.6 cm³/mol. The summed E-state index contributed by atoms with van der Waals surface area (Å²) < 4.78 is 0. The molecule has 0 radical (unpaired) electrons. The van der Waals surface area contributed by atoms with Crippen molar-refractivity contribution < 1.29 is 0 Å². The van der Waals surface area contributed by atoms with E-state index in [0.717, 1.165) is 11.8 Å². The first-order valence-electron chi connectivity index (χ1n) is 6.31. The number of nitrogens with one attached hydrogen (secondary N) is 1. The second-order valence-corrected chi connectivity index (χ2v) is 5.98. The number of nitrogens with zero attached hydrogens (tertiary/aromatic N) is 1. The highest BCUT2D eigenvalue weighted by atomic mass is 32.1. The van der Waals surface area contributed by atoms with Crippen molar-refractivity contribution in [1.82, 2.24) is 10.3 Å². The zero-order valence-corrected chi connectivity index (χ0v) is 11.3. The molecule has 4 unspecified atom stereocenters. The molecule has 90 valence electrons. The maximum atomic E-state index is 4.37. The predicted octanol–water partition coefficient (Wildman–Crippen LogP) is 3.62. The van der Waals surface area contributed by atoms with Gasteiger partial charge in [-0.1, -0.05) is 13.8 Å². The van der Waals surface area contributed by atoms with E-state index in [1.165, 1.54) is 25.0 Å². The zero-order chi connectivity index (χ0) is 11.5. The van der Waals surface area contributed by atoms with Gasteiger partial charge in [0.1, 0.15) is 0 Å². The summed E-state index contributed by atoms with van der Waals surface area (Å²) in [6, 6.07) is 1.08. The van der Waals surface area contributed by atoms with E-state index in [2.05, 4.69) is 36.5 Å². The topological polar surface area (TPSA) is 24.9 Å². The third-order valence-corrected chi connectivity index (χ3v) is 4.58. The number of hydrogen-bond acceptors (Lipinski definition) is 3. The Morgan fingerprint density at radius 3 is 2.81 bits per heavy atom. The molecule has 1 aromatic rings. The van der Waals surface area contributed by atoms with E-state index in [4.69, 9.17) is 0 Å². The van der Waals surface area contributed by atoms with Gasteiger partial charge in [-0.25, -0.2) is 4.98 Å². The van der Waals surface area contributed by atoms with Crippen LogP contribution < -0.4 is 5.32 Å². The van der Waals surface area contributed by atoms with Crippen molar-refractivity contribution in [2.24, 2.45) is 11.8 Å². The maximum Gasteiger partial charge on any atom is 0.0795 e. The van der Waals surface area contributed by atoms with Crippen LogP contribution in [0.2, 0.25) is 0 Å². The second-order valence-electron chi connectivity index (χ2n) is 5.27. The Balaban J connectivity index is 1.86. The van der Waals surface area contributed by atoms with Gasteiger partial charge in [0.05, 0.1) is 11.2 Å². The molecule has 4 atom stereocenters. The number of hydrogen-bond donors (Lipinski definition) is 1. The van der Waals surface area contributed by atoms with Crippen LogP contribution in [0.5, 0.6) is 0 Å². The third kappa shape index (κ3) is 2.83. The van der Waals surface area contributed by atoms with Crippen molar-refractivity contribution in [3.63, 3.8) is 0 Å². The van der Waals surface area contributed by atoms with Gasteiger partial charge in [0.25, 0.3) is 0 Å². The van der Waals surface area contributed by atoms with E-state index in [1.54, 1.807) is 11.3 Å². The molecular weight excluding hydrogens is 216 g/mol. The number of aromatic nitrogens is 1. The van der Waals surface area contributed by atoms with Crippen LogP contribution in [0.1, 0.15) is 51.8 Å². The molecule has 3 heteroatoms. The third-order valence-electron chi connectivity index (χ3n) is 3.98. The Morgan fingerprint density at radius 2 is 2.19 bits per heavy atom. The van der Waals surface area contributed by atoms with Crippen LogP contribution in [0.15, 0.2) is 10.9 Å². The van der Waals surface area contributed by atoms with Gasteiger partial charge in [0.2, 0.25) is 0 Å². The van der Waals surface area contributed by atoms with Gasteiger partial charge in [-0.2, -0.15) is 0 Å². The van der Waals surface area contributed by atoms with Crippen molar-refractivity contribution in [3.8, 4) is 0 Å². The lowest BCUT2D eigenvalue weighted by Crippen LogP contribution is -2.37. The van der Waals surface area contributed by atoms with Gasteiger partial charge >= 0.3 is 0 Å². The second kappa shape index (κ2) is 5.28. The van der Waals surface area contributed by atoms with Crippen LogP contribution in [-0.4, -0.2) is 11.0 Å². The fraction of sp³-hybridized carbons (Fsp3) is 0.769. The molecule has 1 aromatic heterocycles. The standard InChI is InChI=1S/C13H22N2S/c1-9-4-5-12(6-10(9)2)15-11(3)13-7-16-8-14-13/h7-12,15H,4-6H2,1-3H3. The Hall–Kier alpha value is -0.410. The smallest absolute Gasteiger partial charge is 0.0795 e. The quantitative estimate of drug-likeness (QED) is 0.870. The van der Waals surface area contributed by atoms with Crippen LogP contribution in [0.4, 0.5) is 0 Å². The van der Waals surface area contributed by atoms with E-state index in [9.17, 15) is 0 Å². The Bertz CT molecular complexity index is 310. The first kappa shape index (κ1) is 12.1. The lowest BCUT2D eigenvalue weighted by Gasteiger charge is -2.34. The van der Waals surface area contributed by atoms with Crippen LogP contribution >= 0.6 is 11.3 Å². The molecule has 1 heterocycles. The number of thiazole rings is 1. The van der Waals surface area contributed by atoms with Crippen LogP contribution in [0, 0.1) is 11.8 Å². The summed E-state index contributed by atoms with van der Waals surface area (Å²) >= 11 is 1.68. The van der Waals surface area contributed by atoms with Crippen molar-refractivity contribution >= 4 is 11.3 Å². The highest BCUT2D eigenvalue weighted by Gasteiger charge is 2.25. The van der Waals surface area contributed by atoms with Crippen molar-refractivity contribution in [1.29, 1.82) is 0 Å². The van der Waals surface area contributed by atoms with Crippen molar-refractivity contribution in [2.75, 3.05) is 0 Å². The molecule has 1 aliphatic rings. The first-order valence-corrected chi connectivity index (χ1v) is 7.25. The largest absolute Gasteiger partial charge is 0.306 e. The summed E-state index contributed by atoms with van der Waals surface area (Å²) in [6.07, 6.45) is 4.00. The van der Waals surface area contributed by atoms with Crippen LogP contribution in [-0.2, 0) is 0 Å². The fourth-order valence-electron chi connectivity index (χ4n) is 2.57. The summed E-state index contributed by atoms with van der Waals surface area (Å²) in [4.78, 5) is 4.37. The Labute approximate surface area is 102 Å². The van der Waals surface area contributed by atoms with E-state index >= 15 is 0 Å². The molecule has 16 heavy (non-hydrogen) atoms. The molecule has 1 saturated carbocycles. The summed E-state index contributed by atoms with van der Waals surface area (Å²) in [6.45, 7) is 6.98. The molecular formula is C13H22N2S. The van der Waals surface area contributed by atoms with E-state index < -0.39 is 0 Å². The van der Waals surface area contributed by atoms with Crippen LogP contribution in [0.3, 0.4) is 0 Å². The normalized spacial score (nSPS) is 32.6. The fourth-order valence-corrected chi connectivity index (χ4v) is 3.22. The Morgan fingerprint density at radius 1 is 1.38 bits per heavy atom. The lowest BCUT2D eigenvalue weighted by molar-refractivity contribution is 0.217. The molecule has 1 fully saturated rings. The first-order chi connectivity index (χ1) is 7.66. The summed E-state index contributed by atoms with van der Waals surface area (Å²) in [5, 5.41) is 5.86. The molecule has 0 saturated heterocycles. The van der Waals surface area contributed by atoms with Gasteiger partial charge in [-0.15, -0.1) is 11.3 Å². The molecule has 0 spiro atoms. The highest BCUT2D eigenvalue weighted by Crippen LogP contribution is 2.30. The van der Waals surface area contributed by atoms with E-state index in [0.29, 0.717) is 12.1 Å². The van der Waals surface area contributed by atoms with E-state index in [-0.39, 0.29) is 0 Å². The van der Waals surface area contributed by atoms with Gasteiger partial charge in [-0.3, -0.25) is 0 Å². The summed E-state index contributed by atoms with van der Waals surface area (Å²) in [5.41, 5.74) is 3.11. The van der Waals surface area contributed by atoms with Gasteiger partial charge < -0.3 is 5.32 Å². The summed E-state index contributed by atoms with van der Waals surface area (Å²) in [5.74, 6) is 1.75. The molecule has 0 amide bonds. The molecule has 0 aromatic carbocycles. The highest BCUT2D eigenvalue weighted by molar-refractivity contribution is 7.07.